The first-order valence-corrected chi connectivity index (χ1v) is 22.4. The molecule has 0 spiro atoms. The summed E-state index contributed by atoms with van der Waals surface area (Å²) in [4.78, 5) is 42.8. The normalized spacial score (nSPS) is 13.6. The van der Waals surface area contributed by atoms with Crippen LogP contribution >= 0.6 is 7.82 Å². The van der Waals surface area contributed by atoms with Gasteiger partial charge in [-0.2, -0.15) is 0 Å². The van der Waals surface area contributed by atoms with Crippen molar-refractivity contribution < 1.29 is 43.0 Å². The second-order valence-electron chi connectivity index (χ2n) is 14.6. The van der Waals surface area contributed by atoms with Crippen molar-refractivity contribution in [1.29, 1.82) is 0 Å². The minimum absolute atomic E-state index is 0.132. The molecule has 0 radical (unpaired) electrons. The number of esters is 2. The number of hydrogen-bond acceptors (Lipinski definition) is 7. The maximum absolute atomic E-state index is 12.4. The number of rotatable bonds is 37. The predicted octanol–water partition coefficient (Wildman–Crippen LogP) is 11.6. The molecule has 1 unspecified atom stereocenters. The first kappa shape index (κ1) is 51.0. The van der Waals surface area contributed by atoms with Gasteiger partial charge in [-0.1, -0.05) is 172 Å². The smallest absolute Gasteiger partial charge is 0.462 e. The van der Waals surface area contributed by atoms with E-state index in [0.29, 0.717) is 25.7 Å². The molecule has 0 rings (SSSR count). The van der Waals surface area contributed by atoms with Gasteiger partial charge in [0.1, 0.15) is 6.61 Å². The number of ether oxygens (including phenoxy) is 2. The summed E-state index contributed by atoms with van der Waals surface area (Å²) in [6.07, 6.45) is 40.1. The van der Waals surface area contributed by atoms with Gasteiger partial charge in [-0.15, -0.1) is 0 Å². The van der Waals surface area contributed by atoms with E-state index in [1.54, 1.807) is 12.2 Å². The van der Waals surface area contributed by atoms with Crippen molar-refractivity contribution in [2.75, 3.05) is 13.2 Å². The fourth-order valence-corrected chi connectivity index (χ4v) is 6.05. The van der Waals surface area contributed by atoms with E-state index in [1.165, 1.54) is 89.9 Å². The predicted molar refractivity (Wildman–Crippen MR) is 217 cm³/mol. The van der Waals surface area contributed by atoms with Crippen LogP contribution in [-0.2, 0) is 28.2 Å². The Hall–Kier alpha value is -2.03. The summed E-state index contributed by atoms with van der Waals surface area (Å²) in [7, 11) is -4.79. The van der Waals surface area contributed by atoms with E-state index in [1.807, 2.05) is 18.2 Å². The zero-order valence-corrected chi connectivity index (χ0v) is 34.6. The molecule has 10 heteroatoms. The highest BCUT2D eigenvalue weighted by Crippen LogP contribution is 2.36. The Bertz CT molecular complexity index is 1030. The molecule has 0 heterocycles. The number of unbranched alkanes of at least 4 members (excludes halogenated alkanes) is 17. The monoisotopic (exact) mass is 769 g/mol. The highest BCUT2D eigenvalue weighted by atomic mass is 31.2. The molecule has 0 saturated carbocycles. The Morgan fingerprint density at radius 1 is 0.642 bits per heavy atom. The zero-order chi connectivity index (χ0) is 39.3. The van der Waals surface area contributed by atoms with Gasteiger partial charge in [0.25, 0.3) is 0 Å². The van der Waals surface area contributed by atoms with Gasteiger partial charge in [0.15, 0.2) is 6.10 Å². The molecule has 2 atom stereocenters. The van der Waals surface area contributed by atoms with E-state index >= 15 is 0 Å². The van der Waals surface area contributed by atoms with E-state index in [9.17, 15) is 19.3 Å². The maximum atomic E-state index is 12.4. The van der Waals surface area contributed by atoms with Gasteiger partial charge >= 0.3 is 19.8 Å². The fraction of sp³-hybridized carbons (Fsp3) is 0.767. The van der Waals surface area contributed by atoms with Crippen LogP contribution in [0.2, 0.25) is 0 Å². The molecular weight excluding hydrogens is 691 g/mol. The second kappa shape index (κ2) is 36.9. The van der Waals surface area contributed by atoms with E-state index in [-0.39, 0.29) is 19.4 Å². The van der Waals surface area contributed by atoms with Gasteiger partial charge in [-0.3, -0.25) is 14.1 Å². The molecule has 9 nitrogen and oxygen atoms in total. The van der Waals surface area contributed by atoms with Gasteiger partial charge in [-0.25, -0.2) is 4.57 Å². The molecule has 0 aromatic heterocycles. The molecule has 0 aliphatic rings. The molecule has 53 heavy (non-hydrogen) atoms. The average Bonchev–Trinajstić information content (AvgIpc) is 3.10. The number of phosphoric ester groups is 1. The van der Waals surface area contributed by atoms with Crippen LogP contribution in [0, 0.1) is 5.92 Å². The van der Waals surface area contributed by atoms with Crippen LogP contribution in [0.1, 0.15) is 181 Å². The lowest BCUT2D eigenvalue weighted by molar-refractivity contribution is -0.161. The van der Waals surface area contributed by atoms with Crippen LogP contribution in [0.5, 0.6) is 0 Å². The van der Waals surface area contributed by atoms with Gasteiger partial charge < -0.3 is 24.4 Å². The maximum Gasteiger partial charge on any atom is 0.469 e. The standard InChI is InChI=1S/C43H77O9P/c1-4-5-6-7-8-15-19-23-28-33-40(44)34-29-24-21-26-30-35-42(45)50-37-41(38-51-53(47,48)49)52-43(46)36-31-25-20-17-14-12-10-9-11-13-16-18-22-27-32-39(2)3/h8,15,21,23-24,28-29,34,39-41,44H,4-7,9-14,16-20,22,25-27,30-33,35-38H2,1-3H3,(H2,47,48,49)/b15-8-,24-21+,28-23-,34-29-/t40?,41-/m1/s1. The summed E-state index contributed by atoms with van der Waals surface area (Å²) in [6, 6.07) is 0. The van der Waals surface area contributed by atoms with Crippen molar-refractivity contribution in [2.45, 2.75) is 193 Å². The lowest BCUT2D eigenvalue weighted by Crippen LogP contribution is -2.29. The molecule has 0 bridgehead atoms. The second-order valence-corrected chi connectivity index (χ2v) is 15.9. The van der Waals surface area contributed by atoms with Crippen LogP contribution in [0.25, 0.3) is 0 Å². The first-order valence-electron chi connectivity index (χ1n) is 20.9. The van der Waals surface area contributed by atoms with E-state index in [0.717, 1.165) is 38.0 Å². The molecule has 308 valence electrons. The third kappa shape index (κ3) is 41.0. The number of allylic oxidation sites excluding steroid dienone is 6. The molecule has 0 amide bonds. The van der Waals surface area contributed by atoms with Crippen molar-refractivity contribution in [3.05, 3.63) is 48.6 Å². The molecule has 0 aliphatic carbocycles. The number of hydrogen-bond donors (Lipinski definition) is 3. The van der Waals surface area contributed by atoms with Crippen molar-refractivity contribution >= 4 is 19.8 Å². The van der Waals surface area contributed by atoms with Crippen LogP contribution in [0.15, 0.2) is 48.6 Å². The van der Waals surface area contributed by atoms with Crippen LogP contribution in [0.3, 0.4) is 0 Å². The largest absolute Gasteiger partial charge is 0.469 e. The highest BCUT2D eigenvalue weighted by molar-refractivity contribution is 7.46. The third-order valence-corrected chi connectivity index (χ3v) is 9.34. The molecule has 0 fully saturated rings. The van der Waals surface area contributed by atoms with Crippen molar-refractivity contribution in [2.24, 2.45) is 5.92 Å². The highest BCUT2D eigenvalue weighted by Gasteiger charge is 2.22. The minimum Gasteiger partial charge on any atom is -0.462 e. The first-order chi connectivity index (χ1) is 25.5. The minimum atomic E-state index is -4.79. The fourth-order valence-electron chi connectivity index (χ4n) is 5.69. The third-order valence-electron chi connectivity index (χ3n) is 8.86. The number of aliphatic hydroxyl groups excluding tert-OH is 1. The van der Waals surface area contributed by atoms with Crippen LogP contribution in [0.4, 0.5) is 0 Å². The summed E-state index contributed by atoms with van der Waals surface area (Å²) in [6.45, 7) is 5.87. The van der Waals surface area contributed by atoms with Crippen LogP contribution in [-0.4, -0.2) is 52.3 Å². The SMILES string of the molecule is CCCCC/C=C\C/C=C\CC(O)/C=C\C=C\CCCC(=O)OC[C@H](COP(=O)(O)O)OC(=O)CCCCCCCCCCCCCCCCC(C)C. The molecule has 0 aromatic rings. The summed E-state index contributed by atoms with van der Waals surface area (Å²) >= 11 is 0. The summed E-state index contributed by atoms with van der Waals surface area (Å²) in [5.41, 5.74) is 0. The molecule has 0 aromatic carbocycles. The Kier molecular flexibility index (Phi) is 35.5. The summed E-state index contributed by atoms with van der Waals surface area (Å²) in [5.74, 6) is -0.190. The average molecular weight is 769 g/mol. The van der Waals surface area contributed by atoms with Gasteiger partial charge in [0, 0.05) is 12.8 Å². The molecule has 0 aliphatic heterocycles. The Morgan fingerprint density at radius 3 is 1.81 bits per heavy atom. The number of aliphatic hydroxyl groups is 1. The number of phosphoric acid groups is 1. The Morgan fingerprint density at radius 2 is 1.21 bits per heavy atom. The molecule has 0 saturated heterocycles. The van der Waals surface area contributed by atoms with Gasteiger partial charge in [0.2, 0.25) is 0 Å². The Balaban J connectivity index is 4.09. The molecule has 3 N–H and O–H groups in total. The number of carbonyl (C=O) groups is 2. The van der Waals surface area contributed by atoms with Gasteiger partial charge in [0.05, 0.1) is 12.7 Å². The van der Waals surface area contributed by atoms with Crippen molar-refractivity contribution in [3.8, 4) is 0 Å². The lowest BCUT2D eigenvalue weighted by Gasteiger charge is -2.18. The molecular formula is C43H77O9P. The quantitative estimate of drug-likeness (QED) is 0.0185. The van der Waals surface area contributed by atoms with Crippen LogP contribution < -0.4 is 0 Å². The van der Waals surface area contributed by atoms with Crippen molar-refractivity contribution in [1.82, 2.24) is 0 Å². The van der Waals surface area contributed by atoms with E-state index in [4.69, 9.17) is 19.3 Å². The summed E-state index contributed by atoms with van der Waals surface area (Å²) < 4.78 is 26.3. The summed E-state index contributed by atoms with van der Waals surface area (Å²) in [5, 5.41) is 10.1. The van der Waals surface area contributed by atoms with Crippen molar-refractivity contribution in [3.63, 3.8) is 0 Å². The zero-order valence-electron chi connectivity index (χ0n) is 33.7. The lowest BCUT2D eigenvalue weighted by atomic mass is 10.0. The van der Waals surface area contributed by atoms with E-state index < -0.39 is 38.6 Å². The Labute approximate surface area is 323 Å². The topological polar surface area (TPSA) is 140 Å². The number of carbonyl (C=O) groups excluding carboxylic acids is 2. The van der Waals surface area contributed by atoms with Gasteiger partial charge in [-0.05, 0) is 50.9 Å². The van der Waals surface area contributed by atoms with E-state index in [2.05, 4.69) is 43.5 Å².